The summed E-state index contributed by atoms with van der Waals surface area (Å²) in [6.45, 7) is 0. The number of ether oxygens (including phenoxy) is 2. The van der Waals surface area contributed by atoms with Crippen molar-refractivity contribution in [3.63, 3.8) is 0 Å². The Morgan fingerprint density at radius 1 is 0.909 bits per heavy atom. The lowest BCUT2D eigenvalue weighted by Crippen LogP contribution is -2.28. The van der Waals surface area contributed by atoms with Crippen LogP contribution in [-0.4, -0.2) is 19.9 Å². The zero-order chi connectivity index (χ0) is 23.3. The van der Waals surface area contributed by atoms with Gasteiger partial charge in [-0.1, -0.05) is 0 Å². The Morgan fingerprint density at radius 2 is 1.58 bits per heavy atom. The molecule has 0 atom stereocenters. The molecule has 1 aliphatic heterocycles. The average molecular weight is 455 g/mol. The number of benzene rings is 2. The number of alkyl halides is 3. The van der Waals surface area contributed by atoms with Gasteiger partial charge in [0, 0.05) is 17.3 Å². The summed E-state index contributed by atoms with van der Waals surface area (Å²) in [6, 6.07) is 9.09. The number of hydrogen-bond donors (Lipinski definition) is 1. The first-order valence-corrected chi connectivity index (χ1v) is 10.8. The van der Waals surface area contributed by atoms with Crippen molar-refractivity contribution in [2.24, 2.45) is 5.10 Å². The zero-order valence-electron chi connectivity index (χ0n) is 18.4. The third-order valence-electron chi connectivity index (χ3n) is 6.22. The molecule has 5 rings (SSSR count). The van der Waals surface area contributed by atoms with E-state index in [0.29, 0.717) is 17.2 Å². The number of nitrogen functional groups attached to an aromatic ring is 1. The van der Waals surface area contributed by atoms with Gasteiger partial charge in [-0.3, -0.25) is 0 Å². The fourth-order valence-corrected chi connectivity index (χ4v) is 4.58. The molecule has 1 fully saturated rings. The van der Waals surface area contributed by atoms with Crippen molar-refractivity contribution < 1.29 is 22.6 Å². The fourth-order valence-electron chi connectivity index (χ4n) is 4.58. The predicted molar refractivity (Wildman–Crippen MR) is 122 cm³/mol. The Bertz CT molecular complexity index is 1200. The topological polar surface area (TPSA) is 60.1 Å². The molecule has 1 heterocycles. The van der Waals surface area contributed by atoms with Crippen molar-refractivity contribution in [2.75, 3.05) is 25.0 Å². The molecule has 5 nitrogen and oxygen atoms in total. The lowest BCUT2D eigenvalue weighted by atomic mass is 9.95. The molecule has 2 aromatic rings. The van der Waals surface area contributed by atoms with E-state index < -0.39 is 11.7 Å². The van der Waals surface area contributed by atoms with Gasteiger partial charge in [0.2, 0.25) is 0 Å². The van der Waals surface area contributed by atoms with Gasteiger partial charge < -0.3 is 15.2 Å². The van der Waals surface area contributed by atoms with Gasteiger partial charge in [-0.25, -0.2) is 5.01 Å². The molecule has 0 unspecified atom stereocenters. The highest BCUT2D eigenvalue weighted by Crippen LogP contribution is 2.49. The number of allylic oxidation sites excluding steroid dienone is 3. The first-order chi connectivity index (χ1) is 15.8. The molecule has 172 valence electrons. The second-order valence-corrected chi connectivity index (χ2v) is 8.40. The van der Waals surface area contributed by atoms with Crippen molar-refractivity contribution in [1.29, 1.82) is 0 Å². The zero-order valence-corrected chi connectivity index (χ0v) is 18.4. The van der Waals surface area contributed by atoms with E-state index in [9.17, 15) is 13.2 Å². The van der Waals surface area contributed by atoms with Crippen molar-refractivity contribution >= 4 is 17.1 Å². The molecule has 2 aliphatic carbocycles. The number of halogens is 3. The lowest BCUT2D eigenvalue weighted by molar-refractivity contribution is -0.137. The summed E-state index contributed by atoms with van der Waals surface area (Å²) in [5, 5.41) is 6.31. The summed E-state index contributed by atoms with van der Waals surface area (Å²) in [6.07, 6.45) is -0.260. The number of nitrogens with zero attached hydrogens (tertiary/aromatic N) is 2. The molecule has 1 saturated carbocycles. The Hall–Kier alpha value is -3.42. The standard InChI is InChI=1S/C25H24F3N3O2/c1-32-17-10-15(11-18(13-17)33-2)23-19-4-3-5-20(19)24(14-6-7-14)31(30-23)22-12-16(29)8-9-21(22)25(26,27)28/h8-13H,3-7,29H2,1-2H3. The number of methoxy groups -OCH3 is 2. The second kappa shape index (κ2) is 7.86. The quantitative estimate of drug-likeness (QED) is 0.570. The molecule has 0 aromatic heterocycles. The molecule has 0 radical (unpaired) electrons. The van der Waals surface area contributed by atoms with Gasteiger partial charge in [-0.05, 0) is 79.2 Å². The van der Waals surface area contributed by atoms with E-state index in [2.05, 4.69) is 0 Å². The Balaban J connectivity index is 1.75. The molecule has 0 saturated heterocycles. The van der Waals surface area contributed by atoms with E-state index in [-0.39, 0.29) is 11.4 Å². The minimum Gasteiger partial charge on any atom is -0.497 e. The normalized spacial score (nSPS) is 17.8. The van der Waals surface area contributed by atoms with Gasteiger partial charge >= 0.3 is 6.18 Å². The van der Waals surface area contributed by atoms with E-state index in [1.165, 1.54) is 17.1 Å². The van der Waals surface area contributed by atoms with Crippen molar-refractivity contribution in [3.05, 3.63) is 69.9 Å². The SMILES string of the molecule is COc1cc(OC)cc(C2=NN(c3cc(N)ccc3C(F)(F)F)C(=C3CC3)C3=C2CCC3)c1. The molecule has 33 heavy (non-hydrogen) atoms. The highest BCUT2D eigenvalue weighted by Gasteiger charge is 2.40. The van der Waals surface area contributed by atoms with Gasteiger partial charge in [-0.15, -0.1) is 0 Å². The largest absolute Gasteiger partial charge is 0.497 e. The van der Waals surface area contributed by atoms with Crippen LogP contribution in [0.2, 0.25) is 0 Å². The molecule has 2 N–H and O–H groups in total. The second-order valence-electron chi connectivity index (χ2n) is 8.40. The van der Waals surface area contributed by atoms with Crippen LogP contribution in [0.3, 0.4) is 0 Å². The van der Waals surface area contributed by atoms with Gasteiger partial charge in [0.05, 0.1) is 36.9 Å². The number of nitrogens with two attached hydrogens (primary N) is 1. The maximum atomic E-state index is 14.0. The Kier molecular flexibility index (Phi) is 5.11. The first kappa shape index (κ1) is 21.4. The summed E-state index contributed by atoms with van der Waals surface area (Å²) in [4.78, 5) is 0. The summed E-state index contributed by atoms with van der Waals surface area (Å²) in [5.41, 5.74) is 10.8. The maximum Gasteiger partial charge on any atom is 0.418 e. The van der Waals surface area contributed by atoms with Gasteiger partial charge in [0.1, 0.15) is 11.5 Å². The van der Waals surface area contributed by atoms with Crippen molar-refractivity contribution in [2.45, 2.75) is 38.3 Å². The van der Waals surface area contributed by atoms with Crippen molar-refractivity contribution in [3.8, 4) is 11.5 Å². The third kappa shape index (κ3) is 3.83. The van der Waals surface area contributed by atoms with E-state index in [1.54, 1.807) is 20.3 Å². The average Bonchev–Trinajstić information content (AvgIpc) is 3.51. The summed E-state index contributed by atoms with van der Waals surface area (Å²) >= 11 is 0. The van der Waals surface area contributed by atoms with Gasteiger partial charge in [0.25, 0.3) is 0 Å². The minimum atomic E-state index is -4.54. The maximum absolute atomic E-state index is 14.0. The Morgan fingerprint density at radius 3 is 2.18 bits per heavy atom. The third-order valence-corrected chi connectivity index (χ3v) is 6.22. The molecule has 3 aliphatic rings. The van der Waals surface area contributed by atoms with E-state index in [4.69, 9.17) is 20.3 Å². The molecule has 0 spiro atoms. The summed E-state index contributed by atoms with van der Waals surface area (Å²) in [7, 11) is 3.12. The van der Waals surface area contributed by atoms with Crippen LogP contribution in [0.5, 0.6) is 11.5 Å². The van der Waals surface area contributed by atoms with Crippen molar-refractivity contribution in [1.82, 2.24) is 0 Å². The molecule has 0 bridgehead atoms. The lowest BCUT2D eigenvalue weighted by Gasteiger charge is -2.32. The summed E-state index contributed by atoms with van der Waals surface area (Å²) in [5.74, 6) is 1.18. The Labute approximate surface area is 190 Å². The number of hydrazone groups is 1. The monoisotopic (exact) mass is 455 g/mol. The van der Waals surface area contributed by atoms with Crippen LogP contribution < -0.4 is 20.2 Å². The molecule has 0 amide bonds. The molecular weight excluding hydrogens is 431 g/mol. The molecule has 8 heteroatoms. The number of hydrogen-bond acceptors (Lipinski definition) is 5. The van der Waals surface area contributed by atoms with Crippen LogP contribution in [0.25, 0.3) is 0 Å². The van der Waals surface area contributed by atoms with Crippen LogP contribution >= 0.6 is 0 Å². The highest BCUT2D eigenvalue weighted by atomic mass is 19.4. The van der Waals surface area contributed by atoms with Gasteiger partial charge in [0.15, 0.2) is 0 Å². The van der Waals surface area contributed by atoms with E-state index >= 15 is 0 Å². The first-order valence-electron chi connectivity index (χ1n) is 10.8. The van der Waals surface area contributed by atoms with Gasteiger partial charge in [-0.2, -0.15) is 18.3 Å². The van der Waals surface area contributed by atoms with Crippen LogP contribution in [0.15, 0.2) is 63.9 Å². The smallest absolute Gasteiger partial charge is 0.418 e. The van der Waals surface area contributed by atoms with Crippen LogP contribution in [-0.2, 0) is 6.18 Å². The van der Waals surface area contributed by atoms with Crippen LogP contribution in [0, 0.1) is 0 Å². The summed E-state index contributed by atoms with van der Waals surface area (Å²) < 4.78 is 52.8. The minimum absolute atomic E-state index is 0.0530. The molecular formula is C25H24F3N3O2. The fraction of sp³-hybridized carbons (Fsp3) is 0.320. The van der Waals surface area contributed by atoms with E-state index in [0.717, 1.165) is 66.2 Å². The van der Waals surface area contributed by atoms with E-state index in [1.807, 2.05) is 12.1 Å². The molecule has 2 aromatic carbocycles. The number of rotatable bonds is 4. The van der Waals surface area contributed by atoms with Crippen LogP contribution in [0.1, 0.15) is 43.2 Å². The number of anilines is 2. The van der Waals surface area contributed by atoms with Crippen LogP contribution in [0.4, 0.5) is 24.5 Å². The highest BCUT2D eigenvalue weighted by molar-refractivity contribution is 6.15. The predicted octanol–water partition coefficient (Wildman–Crippen LogP) is 6.06.